The lowest BCUT2D eigenvalue weighted by Gasteiger charge is -2.51. The van der Waals surface area contributed by atoms with E-state index in [-0.39, 0.29) is 59.3 Å². The Kier molecular flexibility index (Phi) is 28.0. The van der Waals surface area contributed by atoms with Gasteiger partial charge in [-0.25, -0.2) is 0 Å². The standard InChI is InChI=1S/C87H99NO15/c1-61-80(97-54-63-33-17-10-18-34-63)84(100-57-66-39-23-13-24-40-66)85(101-58-67-41-25-14-26-42-67)83(102-61)79(90)76-74(103-75(60-95-53-62-31-15-9-16-32-62)82(78(76)89)99-56-65-37-21-12-22-38-65)51-69-59-96-73(45-27-7-5-3-4-6-8-30-50-94-52-68-46-48-70(93-2)49-47-68)77(81(69)98-55-64-35-19-11-20-36-64)88-86(91)71-43-28-29-44-72(71)87(88)92/h9-26,28-29,31-44,46-49,61,69,73-77,79-85,90H,3-8,27,30,45,50-60H2,1-2H3/t61-,69+,73-,74-,75+,76-,77-,79?,80+,81-,82-,83-,84+,85+/m0/s1. The van der Waals surface area contributed by atoms with E-state index < -0.39 is 103 Å². The zero-order valence-corrected chi connectivity index (χ0v) is 59.3. The van der Waals surface area contributed by atoms with Gasteiger partial charge in [0.1, 0.15) is 42.4 Å². The number of hydrogen-bond donors (Lipinski definition) is 1. The number of nitrogens with zero attached hydrogens (tertiary/aromatic N) is 1. The lowest BCUT2D eigenvalue weighted by atomic mass is 9.74. The zero-order chi connectivity index (χ0) is 71.0. The quantitative estimate of drug-likeness (QED) is 0.0285. The minimum Gasteiger partial charge on any atom is -0.497 e. The molecule has 3 saturated heterocycles. The van der Waals surface area contributed by atoms with Gasteiger partial charge in [0.15, 0.2) is 5.78 Å². The van der Waals surface area contributed by atoms with E-state index in [0.29, 0.717) is 30.8 Å². The van der Waals surface area contributed by atoms with E-state index in [9.17, 15) is 5.11 Å². The van der Waals surface area contributed by atoms with Crippen LogP contribution < -0.4 is 4.74 Å². The molecule has 2 amide bonds. The number of fused-ring (bicyclic) bond motifs is 1. The molecule has 103 heavy (non-hydrogen) atoms. The molecule has 1 N–H and O–H groups in total. The van der Waals surface area contributed by atoms with E-state index >= 15 is 14.4 Å². The maximum Gasteiger partial charge on any atom is 0.261 e. The number of carbonyl (C=O) groups excluding carboxylic acids is 3. The maximum absolute atomic E-state index is 16.5. The Bertz CT molecular complexity index is 3780. The lowest BCUT2D eigenvalue weighted by Crippen LogP contribution is -2.67. The summed E-state index contributed by atoms with van der Waals surface area (Å²) in [4.78, 5) is 48.2. The fourth-order valence-electron chi connectivity index (χ4n) is 14.9. The van der Waals surface area contributed by atoms with E-state index in [0.717, 1.165) is 96.1 Å². The molecule has 4 aliphatic rings. The summed E-state index contributed by atoms with van der Waals surface area (Å²) < 4.78 is 74.7. The van der Waals surface area contributed by atoms with Gasteiger partial charge in [-0.3, -0.25) is 19.3 Å². The van der Waals surface area contributed by atoms with Crippen molar-refractivity contribution in [3.8, 4) is 5.75 Å². The van der Waals surface area contributed by atoms with Crippen molar-refractivity contribution in [2.45, 2.75) is 191 Å². The molecule has 0 saturated carbocycles. The van der Waals surface area contributed by atoms with Gasteiger partial charge in [-0.2, -0.15) is 0 Å². The van der Waals surface area contributed by atoms with Crippen molar-refractivity contribution in [3.05, 3.63) is 281 Å². The first-order chi connectivity index (χ1) is 50.7. The third-order valence-corrected chi connectivity index (χ3v) is 20.3. The number of methoxy groups -OCH3 is 1. The number of aliphatic hydroxyl groups is 1. The molecule has 4 heterocycles. The van der Waals surface area contributed by atoms with Crippen LogP contribution in [0.5, 0.6) is 5.75 Å². The second kappa shape index (κ2) is 38.6. The normalized spacial score (nSPS) is 24.4. The van der Waals surface area contributed by atoms with Gasteiger partial charge < -0.3 is 57.2 Å². The number of hydrogen-bond acceptors (Lipinski definition) is 15. The molecule has 16 heteroatoms. The van der Waals surface area contributed by atoms with Crippen LogP contribution in [0.4, 0.5) is 0 Å². The molecular weight excluding hydrogens is 1300 g/mol. The molecule has 4 aliphatic heterocycles. The van der Waals surface area contributed by atoms with Crippen LogP contribution >= 0.6 is 0 Å². The highest BCUT2D eigenvalue weighted by Gasteiger charge is 2.58. The van der Waals surface area contributed by atoms with E-state index in [1.165, 1.54) is 4.90 Å². The first-order valence-electron chi connectivity index (χ1n) is 36.9. The van der Waals surface area contributed by atoms with Gasteiger partial charge in [-0.15, -0.1) is 0 Å². The second-order valence-corrected chi connectivity index (χ2v) is 27.6. The third kappa shape index (κ3) is 20.3. The summed E-state index contributed by atoms with van der Waals surface area (Å²) in [5, 5.41) is 13.9. The Morgan fingerprint density at radius 3 is 1.38 bits per heavy atom. The Hall–Kier alpha value is -8.07. The molecule has 542 valence electrons. The minimum atomic E-state index is -1.63. The van der Waals surface area contributed by atoms with Crippen LogP contribution in [0.1, 0.15) is 131 Å². The van der Waals surface area contributed by atoms with Gasteiger partial charge in [0, 0.05) is 12.5 Å². The van der Waals surface area contributed by atoms with Gasteiger partial charge in [-0.1, -0.05) is 251 Å². The van der Waals surface area contributed by atoms with Crippen LogP contribution in [0, 0.1) is 11.8 Å². The Morgan fingerprint density at radius 2 is 0.864 bits per heavy atom. The lowest BCUT2D eigenvalue weighted by molar-refractivity contribution is -0.286. The first-order valence-corrected chi connectivity index (χ1v) is 36.9. The summed E-state index contributed by atoms with van der Waals surface area (Å²) in [7, 11) is 1.67. The number of ether oxygens (including phenoxy) is 11. The summed E-state index contributed by atoms with van der Waals surface area (Å²) in [5.74, 6) is -2.44. The SMILES string of the molecule is COc1ccc(COCCCCCCCCCC[C@@H]2OC[C@@H](C[C@@H]3O[C@H](COCc4ccccc4)[C@H](OCc4ccccc4)C(=O)[C@H]3C(O)[C@@H]3O[C@@H](C)[C@@H](OCc4ccccc4)[C@@H](OCc4ccccc4)[C@@H]3OCc3ccccc3)[C@H](OCc3ccccc3)[C@H]2N2C(=O)c3ccccc3C2=O)cc1. The summed E-state index contributed by atoms with van der Waals surface area (Å²) in [6, 6.07) is 72.8. The molecule has 0 spiro atoms. The van der Waals surface area contributed by atoms with Gasteiger partial charge >= 0.3 is 0 Å². The molecule has 12 rings (SSSR count). The topological polar surface area (TPSA) is 176 Å². The number of aliphatic hydroxyl groups excluding tert-OH is 1. The van der Waals surface area contributed by atoms with E-state index in [2.05, 4.69) is 0 Å². The van der Waals surface area contributed by atoms with Gasteiger partial charge in [0.25, 0.3) is 11.8 Å². The second-order valence-electron chi connectivity index (χ2n) is 27.6. The number of unbranched alkanes of at least 4 members (excludes halogenated alkanes) is 7. The molecule has 8 aromatic carbocycles. The average Bonchev–Trinajstić information content (AvgIpc) is 1.72. The van der Waals surface area contributed by atoms with Crippen molar-refractivity contribution in [2.75, 3.05) is 26.9 Å². The third-order valence-electron chi connectivity index (χ3n) is 20.3. The van der Waals surface area contributed by atoms with Crippen molar-refractivity contribution >= 4 is 17.6 Å². The number of Topliss-reactive ketones (excluding diaryl/α,β-unsaturated/α-hetero) is 1. The van der Waals surface area contributed by atoms with Crippen LogP contribution in [0.2, 0.25) is 0 Å². The van der Waals surface area contributed by atoms with E-state index in [1.54, 1.807) is 31.4 Å². The number of amides is 2. The largest absolute Gasteiger partial charge is 0.497 e. The summed E-state index contributed by atoms with van der Waals surface area (Å²) >= 11 is 0. The summed E-state index contributed by atoms with van der Waals surface area (Å²) in [5.41, 5.74) is 7.13. The molecule has 3 fully saturated rings. The predicted molar refractivity (Wildman–Crippen MR) is 391 cm³/mol. The monoisotopic (exact) mass is 1400 g/mol. The van der Waals surface area contributed by atoms with Crippen molar-refractivity contribution in [2.24, 2.45) is 11.8 Å². The van der Waals surface area contributed by atoms with Crippen LogP contribution in [0.15, 0.2) is 231 Å². The number of benzene rings is 8. The summed E-state index contributed by atoms with van der Waals surface area (Å²) in [6.07, 6.45) is -2.29. The van der Waals surface area contributed by atoms with E-state index in [4.69, 9.17) is 52.1 Å². The van der Waals surface area contributed by atoms with Crippen molar-refractivity contribution in [3.63, 3.8) is 0 Å². The van der Waals surface area contributed by atoms with Gasteiger partial charge in [-0.05, 0) is 89.4 Å². The first kappa shape index (κ1) is 74.6. The maximum atomic E-state index is 16.5. The van der Waals surface area contributed by atoms with Crippen LogP contribution in [-0.4, -0.2) is 128 Å². The van der Waals surface area contributed by atoms with Crippen LogP contribution in [-0.2, 0) is 98.4 Å². The highest BCUT2D eigenvalue weighted by atomic mass is 16.6. The van der Waals surface area contributed by atoms with Crippen LogP contribution in [0.25, 0.3) is 0 Å². The molecule has 0 bridgehead atoms. The molecule has 0 aromatic heterocycles. The Balaban J connectivity index is 0.859. The fourth-order valence-corrected chi connectivity index (χ4v) is 14.9. The Labute approximate surface area is 606 Å². The highest BCUT2D eigenvalue weighted by Crippen LogP contribution is 2.43. The smallest absolute Gasteiger partial charge is 0.261 e. The van der Waals surface area contributed by atoms with Crippen molar-refractivity contribution < 1.29 is 71.6 Å². The van der Waals surface area contributed by atoms with Gasteiger partial charge in [0.05, 0.1) is 120 Å². The molecule has 16 nitrogen and oxygen atoms in total. The molecular formula is C87H99NO15. The average molecular weight is 1400 g/mol. The van der Waals surface area contributed by atoms with Crippen LogP contribution in [0.3, 0.4) is 0 Å². The van der Waals surface area contributed by atoms with Gasteiger partial charge in [0.2, 0.25) is 0 Å². The molecule has 0 aliphatic carbocycles. The number of imide groups is 1. The molecule has 0 radical (unpaired) electrons. The number of ketones is 1. The van der Waals surface area contributed by atoms with Crippen molar-refractivity contribution in [1.82, 2.24) is 4.90 Å². The fraction of sp³-hybridized carbons (Fsp3) is 0.414. The Morgan fingerprint density at radius 1 is 0.437 bits per heavy atom. The number of carbonyl (C=O) groups is 3. The summed E-state index contributed by atoms with van der Waals surface area (Å²) in [6.45, 7) is 4.18. The highest BCUT2D eigenvalue weighted by molar-refractivity contribution is 6.21. The predicted octanol–water partition coefficient (Wildman–Crippen LogP) is 15.0. The molecule has 14 atom stereocenters. The zero-order valence-electron chi connectivity index (χ0n) is 59.3. The van der Waals surface area contributed by atoms with E-state index in [1.807, 2.05) is 213 Å². The van der Waals surface area contributed by atoms with Crippen molar-refractivity contribution in [1.29, 1.82) is 0 Å². The minimum absolute atomic E-state index is 0.0507. The molecule has 1 unspecified atom stereocenters. The molecule has 8 aromatic rings. The number of rotatable bonds is 38.